The van der Waals surface area contributed by atoms with Gasteiger partial charge in [-0.2, -0.15) is 0 Å². The fourth-order valence-corrected chi connectivity index (χ4v) is 3.77. The lowest BCUT2D eigenvalue weighted by Gasteiger charge is -2.37. The van der Waals surface area contributed by atoms with E-state index in [0.717, 1.165) is 19.3 Å². The average Bonchev–Trinajstić information content (AvgIpc) is 3.08. The van der Waals surface area contributed by atoms with Gasteiger partial charge in [0.1, 0.15) is 5.54 Å². The van der Waals surface area contributed by atoms with Crippen molar-refractivity contribution in [3.63, 3.8) is 0 Å². The molecule has 2 fully saturated rings. The number of rotatable bonds is 5. The molecule has 7 nitrogen and oxygen atoms in total. The summed E-state index contributed by atoms with van der Waals surface area (Å²) in [6.07, 6.45) is 3.57. The molecule has 0 radical (unpaired) electrons. The van der Waals surface area contributed by atoms with Crippen LogP contribution in [0.25, 0.3) is 0 Å². The van der Waals surface area contributed by atoms with E-state index in [1.54, 1.807) is 29.2 Å². The summed E-state index contributed by atoms with van der Waals surface area (Å²) in [5.74, 6) is -0.823. The van der Waals surface area contributed by atoms with Gasteiger partial charge in [-0.1, -0.05) is 13.3 Å². The number of carbonyl (C=O) groups is 3. The monoisotopic (exact) mass is 359 g/mol. The fourth-order valence-electron chi connectivity index (χ4n) is 3.77. The van der Waals surface area contributed by atoms with Crippen molar-refractivity contribution in [2.45, 2.75) is 44.6 Å². The smallest absolute Gasteiger partial charge is 0.329 e. The number of carbonyl (C=O) groups excluding carboxylic acids is 2. The van der Waals surface area contributed by atoms with Crippen LogP contribution in [0.2, 0.25) is 0 Å². The van der Waals surface area contributed by atoms with Crippen molar-refractivity contribution in [1.82, 2.24) is 10.6 Å². The largest absolute Gasteiger partial charge is 0.480 e. The Morgan fingerprint density at radius 2 is 1.92 bits per heavy atom. The van der Waals surface area contributed by atoms with Gasteiger partial charge in [0.15, 0.2) is 0 Å². The van der Waals surface area contributed by atoms with Gasteiger partial charge in [0.05, 0.1) is 0 Å². The van der Waals surface area contributed by atoms with Gasteiger partial charge in [-0.05, 0) is 55.9 Å². The number of carboxylic acids is 1. The first kappa shape index (κ1) is 18.2. The van der Waals surface area contributed by atoms with Gasteiger partial charge in [-0.3, -0.25) is 9.69 Å². The highest BCUT2D eigenvalue weighted by atomic mass is 16.4. The molecule has 0 spiro atoms. The Morgan fingerprint density at radius 1 is 1.27 bits per heavy atom. The van der Waals surface area contributed by atoms with Crippen molar-refractivity contribution in [3.8, 4) is 0 Å². The summed E-state index contributed by atoms with van der Waals surface area (Å²) in [4.78, 5) is 37.7. The molecule has 1 heterocycles. The fraction of sp³-hybridized carbons (Fsp3) is 0.526. The number of nitrogens with one attached hydrogen (secondary N) is 2. The predicted octanol–water partition coefficient (Wildman–Crippen LogP) is 2.37. The van der Waals surface area contributed by atoms with Crippen LogP contribution < -0.4 is 15.5 Å². The molecule has 1 saturated heterocycles. The predicted molar refractivity (Wildman–Crippen MR) is 97.3 cm³/mol. The van der Waals surface area contributed by atoms with E-state index in [4.69, 9.17) is 0 Å². The summed E-state index contributed by atoms with van der Waals surface area (Å²) in [5, 5.41) is 15.2. The minimum absolute atomic E-state index is 0.153. The minimum atomic E-state index is -1.18. The SMILES string of the molecule is CCC1CCC(NC(=O)c2ccc(N3CCNC3=O)cc2)(C(=O)O)CC1. The maximum Gasteiger partial charge on any atom is 0.329 e. The zero-order valence-corrected chi connectivity index (χ0v) is 15.0. The van der Waals surface area contributed by atoms with E-state index in [0.29, 0.717) is 43.1 Å². The number of benzene rings is 1. The Kier molecular flexibility index (Phi) is 5.15. The zero-order valence-electron chi connectivity index (χ0n) is 15.0. The number of hydrogen-bond acceptors (Lipinski definition) is 3. The van der Waals surface area contributed by atoms with Crippen LogP contribution in [-0.2, 0) is 4.79 Å². The second kappa shape index (κ2) is 7.35. The van der Waals surface area contributed by atoms with Crippen LogP contribution in [0.4, 0.5) is 10.5 Å². The van der Waals surface area contributed by atoms with Crippen LogP contribution in [0.1, 0.15) is 49.4 Å². The van der Waals surface area contributed by atoms with Crippen LogP contribution in [0.3, 0.4) is 0 Å². The second-order valence-electron chi connectivity index (χ2n) is 7.12. The number of hydrogen-bond donors (Lipinski definition) is 3. The van der Waals surface area contributed by atoms with E-state index in [1.165, 1.54) is 0 Å². The highest BCUT2D eigenvalue weighted by Crippen LogP contribution is 2.34. The van der Waals surface area contributed by atoms with E-state index in [-0.39, 0.29) is 11.9 Å². The zero-order chi connectivity index (χ0) is 18.7. The molecule has 3 amide bonds. The minimum Gasteiger partial charge on any atom is -0.480 e. The van der Waals surface area contributed by atoms with E-state index in [9.17, 15) is 19.5 Å². The topological polar surface area (TPSA) is 98.7 Å². The highest BCUT2D eigenvalue weighted by Gasteiger charge is 2.43. The number of nitrogens with zero attached hydrogens (tertiary/aromatic N) is 1. The van der Waals surface area contributed by atoms with Gasteiger partial charge >= 0.3 is 12.0 Å². The molecule has 140 valence electrons. The molecule has 7 heteroatoms. The summed E-state index contributed by atoms with van der Waals surface area (Å²) in [6, 6.07) is 6.52. The molecule has 3 rings (SSSR count). The van der Waals surface area contributed by atoms with E-state index < -0.39 is 11.5 Å². The molecule has 1 aliphatic heterocycles. The van der Waals surface area contributed by atoms with Crippen LogP contribution >= 0.6 is 0 Å². The highest BCUT2D eigenvalue weighted by molar-refractivity contribution is 5.99. The Bertz CT molecular complexity index is 693. The summed E-state index contributed by atoms with van der Waals surface area (Å²) in [5.41, 5.74) is -0.0736. The summed E-state index contributed by atoms with van der Waals surface area (Å²) < 4.78 is 0. The van der Waals surface area contributed by atoms with Crippen molar-refractivity contribution in [2.24, 2.45) is 5.92 Å². The lowest BCUT2D eigenvalue weighted by Crippen LogP contribution is -2.56. The molecule has 1 saturated carbocycles. The Balaban J connectivity index is 1.70. The molecule has 0 aromatic heterocycles. The molecule has 2 aliphatic rings. The number of carboxylic acid groups (broad SMARTS) is 1. The summed E-state index contributed by atoms with van der Waals surface area (Å²) >= 11 is 0. The molecule has 1 aliphatic carbocycles. The molecular formula is C19H25N3O4. The third-order valence-corrected chi connectivity index (χ3v) is 5.60. The quantitative estimate of drug-likeness (QED) is 0.751. The van der Waals surface area contributed by atoms with Crippen LogP contribution in [-0.4, -0.2) is 41.6 Å². The van der Waals surface area contributed by atoms with Gasteiger partial charge in [0, 0.05) is 24.3 Å². The molecule has 1 aromatic carbocycles. The van der Waals surface area contributed by atoms with Crippen LogP contribution in [0, 0.1) is 5.92 Å². The lowest BCUT2D eigenvalue weighted by molar-refractivity contribution is -0.146. The number of urea groups is 1. The Labute approximate surface area is 152 Å². The first-order chi connectivity index (χ1) is 12.4. The first-order valence-corrected chi connectivity index (χ1v) is 9.16. The normalized spacial score (nSPS) is 25.7. The Morgan fingerprint density at radius 3 is 2.42 bits per heavy atom. The van der Waals surface area contributed by atoms with E-state index >= 15 is 0 Å². The van der Waals surface area contributed by atoms with Gasteiger partial charge < -0.3 is 15.7 Å². The van der Waals surface area contributed by atoms with Gasteiger partial charge in [-0.15, -0.1) is 0 Å². The number of amides is 3. The van der Waals surface area contributed by atoms with Crippen molar-refractivity contribution < 1.29 is 19.5 Å². The molecule has 3 N–H and O–H groups in total. The van der Waals surface area contributed by atoms with Gasteiger partial charge in [-0.25, -0.2) is 9.59 Å². The summed E-state index contributed by atoms with van der Waals surface area (Å²) in [6.45, 7) is 3.30. The summed E-state index contributed by atoms with van der Waals surface area (Å²) in [7, 11) is 0. The van der Waals surface area contributed by atoms with Crippen molar-refractivity contribution >= 4 is 23.6 Å². The number of aliphatic carboxylic acids is 1. The number of anilines is 1. The van der Waals surface area contributed by atoms with Crippen molar-refractivity contribution in [2.75, 3.05) is 18.0 Å². The van der Waals surface area contributed by atoms with Gasteiger partial charge in [0.25, 0.3) is 5.91 Å². The van der Waals surface area contributed by atoms with Crippen LogP contribution in [0.15, 0.2) is 24.3 Å². The second-order valence-corrected chi connectivity index (χ2v) is 7.12. The van der Waals surface area contributed by atoms with E-state index in [1.807, 2.05) is 0 Å². The lowest BCUT2D eigenvalue weighted by atomic mass is 9.75. The standard InChI is InChI=1S/C19H25N3O4/c1-2-13-7-9-19(10-8-13,17(24)25)21-16(23)14-3-5-15(6-4-14)22-12-11-20-18(22)26/h3-6,13H,2,7-12H2,1H3,(H,20,26)(H,21,23)(H,24,25). The maximum absolute atomic E-state index is 12.6. The molecule has 0 unspecified atom stereocenters. The third-order valence-electron chi connectivity index (χ3n) is 5.60. The van der Waals surface area contributed by atoms with Crippen LogP contribution in [0.5, 0.6) is 0 Å². The molecule has 1 aromatic rings. The van der Waals surface area contributed by atoms with E-state index in [2.05, 4.69) is 17.6 Å². The average molecular weight is 359 g/mol. The maximum atomic E-state index is 12.6. The van der Waals surface area contributed by atoms with Crippen molar-refractivity contribution in [1.29, 1.82) is 0 Å². The first-order valence-electron chi connectivity index (χ1n) is 9.16. The molecule has 0 atom stereocenters. The molecular weight excluding hydrogens is 334 g/mol. The molecule has 0 bridgehead atoms. The Hall–Kier alpha value is -2.57. The van der Waals surface area contributed by atoms with Gasteiger partial charge in [0.2, 0.25) is 0 Å². The molecule has 26 heavy (non-hydrogen) atoms. The third kappa shape index (κ3) is 3.52. The van der Waals surface area contributed by atoms with Crippen molar-refractivity contribution in [3.05, 3.63) is 29.8 Å².